The molecule has 0 spiro atoms. The molecule has 2 rings (SSSR count). The van der Waals surface area contributed by atoms with Gasteiger partial charge in [0.05, 0.1) is 11.4 Å². The van der Waals surface area contributed by atoms with E-state index in [-0.39, 0.29) is 16.9 Å². The molecule has 0 bridgehead atoms. The summed E-state index contributed by atoms with van der Waals surface area (Å²) in [6.45, 7) is 1.60. The van der Waals surface area contributed by atoms with Crippen molar-refractivity contribution in [3.63, 3.8) is 0 Å². The van der Waals surface area contributed by atoms with Crippen LogP contribution in [0.2, 0.25) is 0 Å². The highest BCUT2D eigenvalue weighted by Crippen LogP contribution is 2.32. The number of hydrogen-bond acceptors (Lipinski definition) is 4. The van der Waals surface area contributed by atoms with Gasteiger partial charge >= 0.3 is 5.97 Å². The zero-order valence-corrected chi connectivity index (χ0v) is 12.3. The van der Waals surface area contributed by atoms with Crippen LogP contribution in [0.3, 0.4) is 0 Å². The molecule has 2 aromatic rings. The van der Waals surface area contributed by atoms with E-state index < -0.39 is 28.4 Å². The maximum Gasteiger partial charge on any atom is 0.339 e. The van der Waals surface area contributed by atoms with Gasteiger partial charge in [0, 0.05) is 6.07 Å². The third kappa shape index (κ3) is 3.01. The Hall–Kier alpha value is -2.61. The lowest BCUT2D eigenvalue weighted by Crippen LogP contribution is -2.16. The molecule has 0 aromatic heterocycles. The second kappa shape index (κ2) is 6.02. The molecule has 0 saturated carbocycles. The molecule has 0 amide bonds. The van der Waals surface area contributed by atoms with Crippen LogP contribution in [0.4, 0.5) is 15.8 Å². The Bertz CT molecular complexity index is 811. The Morgan fingerprint density at radius 1 is 1.18 bits per heavy atom. The maximum atomic E-state index is 13.4. The van der Waals surface area contributed by atoms with Crippen molar-refractivity contribution < 1.29 is 27.8 Å². The lowest BCUT2D eigenvalue weighted by atomic mass is 10.1. The van der Waals surface area contributed by atoms with Gasteiger partial charge in [-0.05, 0) is 36.8 Å². The van der Waals surface area contributed by atoms with Crippen molar-refractivity contribution in [3.05, 3.63) is 53.3 Å². The molecule has 0 heterocycles. The third-order valence-electron chi connectivity index (χ3n) is 3.02. The van der Waals surface area contributed by atoms with Crippen LogP contribution in [-0.4, -0.2) is 24.6 Å². The fraction of sp³-hybridized carbons (Fsp3) is 0.0714. The second-order valence-electron chi connectivity index (χ2n) is 4.49. The summed E-state index contributed by atoms with van der Waals surface area (Å²) in [4.78, 5) is 10.9. The summed E-state index contributed by atoms with van der Waals surface area (Å²) in [7, 11) is -3.17. The van der Waals surface area contributed by atoms with Crippen molar-refractivity contribution >= 4 is 28.2 Å². The minimum Gasteiger partial charge on any atom is -0.507 e. The van der Waals surface area contributed by atoms with Crippen LogP contribution in [0.5, 0.6) is 5.75 Å². The van der Waals surface area contributed by atoms with Gasteiger partial charge in [-0.25, -0.2) is 21.9 Å². The lowest BCUT2D eigenvalue weighted by molar-refractivity contribution is 0.0694. The standard InChI is InChI=1S/C14H12FNO5S/c1-8-2-3-9(15)6-12(8)16(22(20)21)10-4-5-11(14(18)19)13(17)7-10/h2-7,17,22H,1H3,(H,18,19). The minimum atomic E-state index is -3.17. The van der Waals surface area contributed by atoms with Gasteiger partial charge < -0.3 is 10.2 Å². The van der Waals surface area contributed by atoms with Gasteiger partial charge in [0.15, 0.2) is 0 Å². The number of halogens is 1. The van der Waals surface area contributed by atoms with E-state index in [0.29, 0.717) is 5.56 Å². The number of aromatic hydroxyl groups is 1. The van der Waals surface area contributed by atoms with Gasteiger partial charge in [0.1, 0.15) is 17.1 Å². The van der Waals surface area contributed by atoms with E-state index >= 15 is 0 Å². The first-order chi connectivity index (χ1) is 10.3. The number of nitrogens with zero attached hydrogens (tertiary/aromatic N) is 1. The lowest BCUT2D eigenvalue weighted by Gasteiger charge is -2.20. The van der Waals surface area contributed by atoms with Crippen molar-refractivity contribution in [2.24, 2.45) is 0 Å². The largest absolute Gasteiger partial charge is 0.507 e. The van der Waals surface area contributed by atoms with Crippen LogP contribution in [0.15, 0.2) is 36.4 Å². The van der Waals surface area contributed by atoms with Gasteiger partial charge in [0.2, 0.25) is 10.9 Å². The molecule has 0 saturated heterocycles. The number of benzene rings is 2. The summed E-state index contributed by atoms with van der Waals surface area (Å²) in [5.74, 6) is -2.54. The van der Waals surface area contributed by atoms with Crippen LogP contribution in [-0.2, 0) is 10.9 Å². The van der Waals surface area contributed by atoms with E-state index in [4.69, 9.17) is 5.11 Å². The Kier molecular flexibility index (Phi) is 4.32. The fourth-order valence-electron chi connectivity index (χ4n) is 1.96. The summed E-state index contributed by atoms with van der Waals surface area (Å²) in [5.41, 5.74) is 0.231. The van der Waals surface area contributed by atoms with Crippen LogP contribution >= 0.6 is 0 Å². The van der Waals surface area contributed by atoms with Gasteiger partial charge in [0.25, 0.3) is 0 Å². The molecule has 0 unspecified atom stereocenters. The number of hydrogen-bond donors (Lipinski definition) is 3. The van der Waals surface area contributed by atoms with Gasteiger partial charge in [-0.1, -0.05) is 6.07 Å². The number of carboxylic acid groups (broad SMARTS) is 1. The average molecular weight is 325 g/mol. The van der Waals surface area contributed by atoms with Crippen molar-refractivity contribution in [1.82, 2.24) is 0 Å². The quantitative estimate of drug-likeness (QED) is 0.749. The molecule has 8 heteroatoms. The third-order valence-corrected chi connectivity index (χ3v) is 3.79. The van der Waals surface area contributed by atoms with Crippen LogP contribution in [0.25, 0.3) is 0 Å². The van der Waals surface area contributed by atoms with Crippen LogP contribution in [0.1, 0.15) is 15.9 Å². The van der Waals surface area contributed by atoms with E-state index in [1.807, 2.05) is 0 Å². The number of aryl methyl sites for hydroxylation is 1. The highest BCUT2D eigenvalue weighted by atomic mass is 32.2. The molecule has 116 valence electrons. The van der Waals surface area contributed by atoms with Crippen molar-refractivity contribution in [1.29, 1.82) is 0 Å². The predicted molar refractivity (Wildman–Crippen MR) is 78.7 cm³/mol. The number of anilines is 2. The normalized spacial score (nSPS) is 10.7. The Balaban J connectivity index is 2.61. The summed E-state index contributed by atoms with van der Waals surface area (Å²) in [6, 6.07) is 6.95. The summed E-state index contributed by atoms with van der Waals surface area (Å²) in [5, 5.41) is 18.5. The highest BCUT2D eigenvalue weighted by Gasteiger charge is 2.18. The summed E-state index contributed by atoms with van der Waals surface area (Å²) >= 11 is 0. The number of rotatable bonds is 4. The van der Waals surface area contributed by atoms with E-state index in [1.54, 1.807) is 6.92 Å². The monoisotopic (exact) mass is 325 g/mol. The van der Waals surface area contributed by atoms with Crippen molar-refractivity contribution in [3.8, 4) is 5.75 Å². The first kappa shape index (κ1) is 15.8. The molecule has 0 radical (unpaired) electrons. The Morgan fingerprint density at radius 2 is 1.86 bits per heavy atom. The van der Waals surface area contributed by atoms with E-state index in [0.717, 1.165) is 22.5 Å². The molecule has 0 aliphatic heterocycles. The minimum absolute atomic E-state index is 0.00677. The van der Waals surface area contributed by atoms with Gasteiger partial charge in [-0.2, -0.15) is 0 Å². The molecule has 2 aromatic carbocycles. The molecule has 0 atom stereocenters. The average Bonchev–Trinajstić information content (AvgIpc) is 2.42. The van der Waals surface area contributed by atoms with E-state index in [9.17, 15) is 22.7 Å². The molecule has 0 fully saturated rings. The first-order valence-electron chi connectivity index (χ1n) is 6.08. The highest BCUT2D eigenvalue weighted by molar-refractivity contribution is 7.74. The number of thiol groups is 1. The molecule has 2 N–H and O–H groups in total. The Labute approximate surface area is 127 Å². The zero-order chi connectivity index (χ0) is 16.4. The molecule has 0 aliphatic carbocycles. The topological polar surface area (TPSA) is 94.9 Å². The molecule has 0 aliphatic rings. The SMILES string of the molecule is Cc1ccc(F)cc1N(c1ccc(C(=O)O)c(O)c1)[SH](=O)=O. The number of aromatic carboxylic acids is 1. The Morgan fingerprint density at radius 3 is 2.41 bits per heavy atom. The maximum absolute atomic E-state index is 13.4. The van der Waals surface area contributed by atoms with Gasteiger partial charge in [-0.15, -0.1) is 0 Å². The second-order valence-corrected chi connectivity index (χ2v) is 5.36. The number of phenols is 1. The van der Waals surface area contributed by atoms with E-state index in [1.165, 1.54) is 18.2 Å². The first-order valence-corrected chi connectivity index (χ1v) is 7.21. The smallest absolute Gasteiger partial charge is 0.339 e. The zero-order valence-electron chi connectivity index (χ0n) is 11.4. The summed E-state index contributed by atoms with van der Waals surface area (Å²) < 4.78 is 37.3. The van der Waals surface area contributed by atoms with Crippen molar-refractivity contribution in [2.45, 2.75) is 6.92 Å². The molecular formula is C14H12FNO5S. The summed E-state index contributed by atoms with van der Waals surface area (Å²) in [6.07, 6.45) is 0. The predicted octanol–water partition coefficient (Wildman–Crippen LogP) is 2.20. The molecule has 6 nitrogen and oxygen atoms in total. The number of carboxylic acids is 1. The molecular weight excluding hydrogens is 313 g/mol. The number of carbonyl (C=O) groups is 1. The fourth-order valence-corrected chi connectivity index (χ4v) is 2.67. The van der Waals surface area contributed by atoms with Gasteiger partial charge in [-0.3, -0.25) is 0 Å². The van der Waals surface area contributed by atoms with Crippen LogP contribution < -0.4 is 4.31 Å². The molecule has 22 heavy (non-hydrogen) atoms. The van der Waals surface area contributed by atoms with Crippen molar-refractivity contribution in [2.75, 3.05) is 4.31 Å². The van der Waals surface area contributed by atoms with E-state index in [2.05, 4.69) is 0 Å². The van der Waals surface area contributed by atoms with Crippen LogP contribution in [0, 0.1) is 12.7 Å².